The molecule has 0 atom stereocenters. The van der Waals surface area contributed by atoms with E-state index < -0.39 is 5.97 Å². The lowest BCUT2D eigenvalue weighted by molar-refractivity contribution is 0.0527. The number of nitrogens with zero attached hydrogens (tertiary/aromatic N) is 2. The lowest BCUT2D eigenvalue weighted by Crippen LogP contribution is -2.12. The maximum absolute atomic E-state index is 11.9. The van der Waals surface area contributed by atoms with E-state index >= 15 is 0 Å². The molecule has 0 unspecified atom stereocenters. The quantitative estimate of drug-likeness (QED) is 0.637. The second kappa shape index (κ2) is 6.51. The number of esters is 1. The number of hydrogen-bond acceptors (Lipinski definition) is 6. The van der Waals surface area contributed by atoms with Crippen LogP contribution < -0.4 is 11.1 Å². The monoisotopic (exact) mass is 272 g/mol. The molecule has 0 saturated heterocycles. The number of nitrogens with two attached hydrogens (primary N) is 1. The first-order valence-electron chi connectivity index (χ1n) is 6.26. The van der Waals surface area contributed by atoms with Gasteiger partial charge in [0.15, 0.2) is 0 Å². The molecule has 1 heterocycles. The zero-order valence-electron chi connectivity index (χ0n) is 11.2. The highest BCUT2D eigenvalue weighted by Crippen LogP contribution is 2.24. The predicted molar refractivity (Wildman–Crippen MR) is 76.2 cm³/mol. The van der Waals surface area contributed by atoms with Gasteiger partial charge in [-0.3, -0.25) is 0 Å². The first-order chi connectivity index (χ1) is 9.72. The summed E-state index contributed by atoms with van der Waals surface area (Å²) in [6.07, 6.45) is 3.13. The number of para-hydroxylation sites is 1. The highest BCUT2D eigenvalue weighted by atomic mass is 16.5. The second-order valence-electron chi connectivity index (χ2n) is 4.04. The molecule has 6 nitrogen and oxygen atoms in total. The topological polar surface area (TPSA) is 90.1 Å². The van der Waals surface area contributed by atoms with Crippen molar-refractivity contribution < 1.29 is 9.53 Å². The third-order valence-corrected chi connectivity index (χ3v) is 2.68. The van der Waals surface area contributed by atoms with Crippen LogP contribution in [0.3, 0.4) is 0 Å². The largest absolute Gasteiger partial charge is 0.462 e. The molecule has 2 aromatic rings. The summed E-state index contributed by atoms with van der Waals surface area (Å²) in [7, 11) is 0. The van der Waals surface area contributed by atoms with Gasteiger partial charge < -0.3 is 15.8 Å². The lowest BCUT2D eigenvalue weighted by Gasteiger charge is -2.13. The van der Waals surface area contributed by atoms with Gasteiger partial charge in [-0.05, 0) is 25.1 Å². The Morgan fingerprint density at radius 1 is 1.40 bits per heavy atom. The summed E-state index contributed by atoms with van der Waals surface area (Å²) in [4.78, 5) is 19.8. The third-order valence-electron chi connectivity index (χ3n) is 2.68. The van der Waals surface area contributed by atoms with Crippen LogP contribution in [0.5, 0.6) is 0 Å². The molecule has 0 bridgehead atoms. The van der Waals surface area contributed by atoms with Crippen LogP contribution in [0, 0.1) is 0 Å². The molecule has 1 aromatic heterocycles. The van der Waals surface area contributed by atoms with E-state index in [0.29, 0.717) is 30.1 Å². The molecule has 2 rings (SSSR count). The number of carbonyl (C=O) groups excluding carboxylic acids is 1. The number of aromatic nitrogens is 2. The summed E-state index contributed by atoms with van der Waals surface area (Å²) >= 11 is 0. The van der Waals surface area contributed by atoms with E-state index in [1.807, 2.05) is 0 Å². The van der Waals surface area contributed by atoms with Crippen molar-refractivity contribution in [1.82, 2.24) is 9.97 Å². The smallest absolute Gasteiger partial charge is 0.340 e. The molecular formula is C14H16N4O2. The fourth-order valence-corrected chi connectivity index (χ4v) is 1.75. The van der Waals surface area contributed by atoms with Crippen molar-refractivity contribution in [3.63, 3.8) is 0 Å². The molecule has 0 spiro atoms. The van der Waals surface area contributed by atoms with Crippen LogP contribution in [0.4, 0.5) is 11.4 Å². The number of benzene rings is 1. The zero-order valence-corrected chi connectivity index (χ0v) is 11.2. The summed E-state index contributed by atoms with van der Waals surface area (Å²) in [6.45, 7) is 2.53. The molecule has 1 aromatic carbocycles. The van der Waals surface area contributed by atoms with Crippen LogP contribution in [-0.2, 0) is 11.3 Å². The van der Waals surface area contributed by atoms with Gasteiger partial charge in [0, 0.05) is 6.20 Å². The maximum Gasteiger partial charge on any atom is 0.340 e. The van der Waals surface area contributed by atoms with Crippen molar-refractivity contribution in [3.8, 4) is 0 Å². The van der Waals surface area contributed by atoms with Gasteiger partial charge in [0.05, 0.1) is 35.8 Å². The number of nitrogen functional groups attached to an aromatic ring is 1. The summed E-state index contributed by atoms with van der Waals surface area (Å²) in [5.41, 5.74) is 8.19. The van der Waals surface area contributed by atoms with E-state index in [9.17, 15) is 4.79 Å². The molecule has 0 radical (unpaired) electrons. The summed E-state index contributed by atoms with van der Waals surface area (Å²) in [6, 6.07) is 6.91. The minimum absolute atomic E-state index is 0.318. The second-order valence-corrected chi connectivity index (χ2v) is 4.04. The van der Waals surface area contributed by atoms with Crippen molar-refractivity contribution in [2.24, 2.45) is 0 Å². The molecule has 0 aliphatic carbocycles. The number of ether oxygens (including phenoxy) is 1. The van der Waals surface area contributed by atoms with E-state index in [1.54, 1.807) is 37.4 Å². The van der Waals surface area contributed by atoms with Crippen LogP contribution in [0.2, 0.25) is 0 Å². The van der Waals surface area contributed by atoms with Gasteiger partial charge in [-0.15, -0.1) is 0 Å². The highest BCUT2D eigenvalue weighted by molar-refractivity contribution is 5.98. The Bertz CT molecular complexity index is 587. The minimum atomic E-state index is -0.398. The van der Waals surface area contributed by atoms with Crippen molar-refractivity contribution >= 4 is 17.3 Å². The number of hydrogen-bond donors (Lipinski definition) is 2. The molecule has 0 amide bonds. The molecule has 0 saturated carbocycles. The Morgan fingerprint density at radius 2 is 2.25 bits per heavy atom. The van der Waals surface area contributed by atoms with E-state index in [2.05, 4.69) is 15.3 Å². The standard InChI is InChI=1S/C14H16N4O2/c1-2-20-14(19)11-4-3-5-12(15)13(11)17-8-10-6-7-16-9-18-10/h3-7,9,17H,2,8,15H2,1H3. The first kappa shape index (κ1) is 13.8. The lowest BCUT2D eigenvalue weighted by atomic mass is 10.1. The van der Waals surface area contributed by atoms with E-state index in [-0.39, 0.29) is 0 Å². The number of anilines is 2. The Morgan fingerprint density at radius 3 is 2.95 bits per heavy atom. The average molecular weight is 272 g/mol. The Balaban J connectivity index is 2.20. The predicted octanol–water partition coefficient (Wildman–Crippen LogP) is 1.85. The van der Waals surface area contributed by atoms with Crippen molar-refractivity contribution in [2.45, 2.75) is 13.5 Å². The van der Waals surface area contributed by atoms with E-state index in [0.717, 1.165) is 5.69 Å². The Labute approximate surface area is 117 Å². The number of nitrogens with one attached hydrogen (secondary N) is 1. The van der Waals surface area contributed by atoms with Gasteiger partial charge >= 0.3 is 5.97 Å². The Kier molecular flexibility index (Phi) is 4.49. The highest BCUT2D eigenvalue weighted by Gasteiger charge is 2.14. The molecule has 0 aliphatic rings. The first-order valence-corrected chi connectivity index (χ1v) is 6.26. The van der Waals surface area contributed by atoms with Gasteiger partial charge in [0.25, 0.3) is 0 Å². The number of rotatable bonds is 5. The molecule has 104 valence electrons. The molecule has 0 fully saturated rings. The van der Waals surface area contributed by atoms with Crippen LogP contribution in [0.25, 0.3) is 0 Å². The van der Waals surface area contributed by atoms with Gasteiger partial charge in [0.1, 0.15) is 6.33 Å². The van der Waals surface area contributed by atoms with Gasteiger partial charge in [0.2, 0.25) is 0 Å². The zero-order chi connectivity index (χ0) is 14.4. The molecule has 3 N–H and O–H groups in total. The van der Waals surface area contributed by atoms with Gasteiger partial charge in [-0.2, -0.15) is 0 Å². The summed E-state index contributed by atoms with van der Waals surface area (Å²) in [5.74, 6) is -0.398. The molecule has 0 aliphatic heterocycles. The Hall–Kier alpha value is -2.63. The number of carbonyl (C=O) groups is 1. The van der Waals surface area contributed by atoms with Gasteiger partial charge in [-0.1, -0.05) is 6.07 Å². The van der Waals surface area contributed by atoms with Crippen molar-refractivity contribution in [3.05, 3.63) is 48.0 Å². The molecule has 6 heteroatoms. The van der Waals surface area contributed by atoms with Crippen LogP contribution >= 0.6 is 0 Å². The fraction of sp³-hybridized carbons (Fsp3) is 0.214. The summed E-state index contributed by atoms with van der Waals surface area (Å²) < 4.78 is 5.02. The maximum atomic E-state index is 11.9. The third kappa shape index (κ3) is 3.23. The normalized spacial score (nSPS) is 10.1. The average Bonchev–Trinajstić information content (AvgIpc) is 2.47. The summed E-state index contributed by atoms with van der Waals surface area (Å²) in [5, 5.41) is 3.12. The minimum Gasteiger partial charge on any atom is -0.462 e. The molecule has 20 heavy (non-hydrogen) atoms. The van der Waals surface area contributed by atoms with E-state index in [1.165, 1.54) is 6.33 Å². The fourth-order valence-electron chi connectivity index (χ4n) is 1.75. The van der Waals surface area contributed by atoms with Crippen molar-refractivity contribution in [2.75, 3.05) is 17.7 Å². The van der Waals surface area contributed by atoms with Crippen molar-refractivity contribution in [1.29, 1.82) is 0 Å². The molecular weight excluding hydrogens is 256 g/mol. The van der Waals surface area contributed by atoms with Gasteiger partial charge in [-0.25, -0.2) is 14.8 Å². The van der Waals surface area contributed by atoms with E-state index in [4.69, 9.17) is 10.5 Å². The van der Waals surface area contributed by atoms with Crippen LogP contribution in [-0.4, -0.2) is 22.5 Å². The van der Waals surface area contributed by atoms with Crippen LogP contribution in [0.15, 0.2) is 36.8 Å². The van der Waals surface area contributed by atoms with Crippen LogP contribution in [0.1, 0.15) is 23.0 Å². The SMILES string of the molecule is CCOC(=O)c1cccc(N)c1NCc1ccncn1.